The van der Waals surface area contributed by atoms with Gasteiger partial charge in [0.2, 0.25) is 17.6 Å². The van der Waals surface area contributed by atoms with Crippen molar-refractivity contribution in [1.29, 1.82) is 0 Å². The molecule has 0 unspecified atom stereocenters. The summed E-state index contributed by atoms with van der Waals surface area (Å²) in [6, 6.07) is 15.2. The van der Waals surface area contributed by atoms with Crippen LogP contribution in [0.1, 0.15) is 40.5 Å². The standard InChI is InChI=1S/C28H25NO5/c1-2-22(25(30)15-8-4-3-5-9-15)34-28(33)18-10-6-7-11-21(18)29-26(31)23-16-12-13-17(20-14-19(16)20)24(23)27(29)32/h3-13,16-17,19-20,22-24H,2,14H2,1H3/t16-,17-,19-,20-,22-,23-,24+/m1/s1. The molecule has 0 spiro atoms. The van der Waals surface area contributed by atoms with E-state index >= 15 is 0 Å². The van der Waals surface area contributed by atoms with Crippen LogP contribution >= 0.6 is 0 Å². The Labute approximate surface area is 197 Å². The summed E-state index contributed by atoms with van der Waals surface area (Å²) >= 11 is 0. The third-order valence-corrected chi connectivity index (χ3v) is 8.00. The molecule has 4 aliphatic carbocycles. The number of ether oxygens (including phenoxy) is 1. The molecule has 2 aromatic rings. The summed E-state index contributed by atoms with van der Waals surface area (Å²) in [5.74, 6) is -0.940. The molecule has 1 aliphatic heterocycles. The molecule has 7 atom stereocenters. The van der Waals surface area contributed by atoms with Gasteiger partial charge >= 0.3 is 5.97 Å². The molecule has 2 saturated carbocycles. The first kappa shape index (κ1) is 21.0. The first-order chi connectivity index (χ1) is 16.5. The van der Waals surface area contributed by atoms with Gasteiger partial charge in [0.15, 0.2) is 6.10 Å². The third-order valence-electron chi connectivity index (χ3n) is 8.00. The lowest BCUT2D eigenvalue weighted by Crippen LogP contribution is -2.40. The van der Waals surface area contributed by atoms with Crippen LogP contribution in [0, 0.1) is 35.5 Å². The highest BCUT2D eigenvalue weighted by atomic mass is 16.5. The molecule has 2 amide bonds. The molecule has 172 valence electrons. The Morgan fingerprint density at radius 1 is 0.912 bits per heavy atom. The Bertz CT molecular complexity index is 1200. The van der Waals surface area contributed by atoms with Crippen molar-refractivity contribution in [2.75, 3.05) is 4.90 Å². The molecule has 7 rings (SSSR count). The van der Waals surface area contributed by atoms with Gasteiger partial charge in [-0.15, -0.1) is 0 Å². The summed E-state index contributed by atoms with van der Waals surface area (Å²) in [6.07, 6.45) is 4.69. The van der Waals surface area contributed by atoms with Crippen LogP contribution in [0.2, 0.25) is 0 Å². The number of carbonyl (C=O) groups is 4. The highest BCUT2D eigenvalue weighted by Gasteiger charge is 2.67. The molecule has 1 heterocycles. The second-order valence-electron chi connectivity index (χ2n) is 9.72. The number of allylic oxidation sites excluding steroid dienone is 2. The van der Waals surface area contributed by atoms with E-state index in [1.165, 1.54) is 4.90 Å². The van der Waals surface area contributed by atoms with Gasteiger partial charge in [0.1, 0.15) is 0 Å². The number of nitrogens with zero attached hydrogens (tertiary/aromatic N) is 1. The van der Waals surface area contributed by atoms with Crippen LogP contribution in [0.25, 0.3) is 0 Å². The van der Waals surface area contributed by atoms with E-state index in [1.807, 2.05) is 6.07 Å². The van der Waals surface area contributed by atoms with E-state index in [2.05, 4.69) is 12.2 Å². The zero-order valence-electron chi connectivity index (χ0n) is 18.8. The molecule has 6 nitrogen and oxygen atoms in total. The van der Waals surface area contributed by atoms with Gasteiger partial charge in [0.05, 0.1) is 23.1 Å². The second-order valence-corrected chi connectivity index (χ2v) is 9.72. The Morgan fingerprint density at radius 2 is 1.50 bits per heavy atom. The number of amides is 2. The molecular weight excluding hydrogens is 430 g/mol. The highest BCUT2D eigenvalue weighted by molar-refractivity contribution is 6.24. The third kappa shape index (κ3) is 3.01. The summed E-state index contributed by atoms with van der Waals surface area (Å²) in [7, 11) is 0. The molecule has 34 heavy (non-hydrogen) atoms. The molecule has 0 N–H and O–H groups in total. The molecule has 6 heteroatoms. The van der Waals surface area contributed by atoms with Crippen LogP contribution < -0.4 is 4.90 Å². The van der Waals surface area contributed by atoms with Crippen molar-refractivity contribution in [2.45, 2.75) is 25.9 Å². The normalized spacial score (nSPS) is 31.1. The smallest absolute Gasteiger partial charge is 0.341 e. The summed E-state index contributed by atoms with van der Waals surface area (Å²) < 4.78 is 5.62. The lowest BCUT2D eigenvalue weighted by molar-refractivity contribution is -0.124. The van der Waals surface area contributed by atoms with Gasteiger partial charge in [-0.3, -0.25) is 14.4 Å². The predicted molar refractivity (Wildman–Crippen MR) is 124 cm³/mol. The zero-order valence-corrected chi connectivity index (χ0v) is 18.8. The number of para-hydroxylation sites is 1. The molecule has 1 saturated heterocycles. The number of anilines is 1. The monoisotopic (exact) mass is 455 g/mol. The summed E-state index contributed by atoms with van der Waals surface area (Å²) in [5.41, 5.74) is 0.825. The Balaban J connectivity index is 1.28. The van der Waals surface area contributed by atoms with E-state index in [9.17, 15) is 19.2 Å². The van der Waals surface area contributed by atoms with Crippen LogP contribution in [0.3, 0.4) is 0 Å². The summed E-state index contributed by atoms with van der Waals surface area (Å²) in [5, 5.41) is 0. The van der Waals surface area contributed by atoms with Crippen molar-refractivity contribution in [3.63, 3.8) is 0 Å². The van der Waals surface area contributed by atoms with Crippen LogP contribution in [-0.4, -0.2) is 29.7 Å². The number of esters is 1. The SMILES string of the molecule is CC[C@@H](OC(=O)c1ccccc1N1C(=O)[C@@H]2[C@@H]3C=C[C@H]([C@H]4C[C@H]34)[C@@H]2C1=O)C(=O)c1ccccc1. The fourth-order valence-corrected chi connectivity index (χ4v) is 6.34. The van der Waals surface area contributed by atoms with E-state index in [-0.39, 0.29) is 52.5 Å². The minimum atomic E-state index is -0.956. The first-order valence-corrected chi connectivity index (χ1v) is 12.0. The highest BCUT2D eigenvalue weighted by Crippen LogP contribution is 2.65. The van der Waals surface area contributed by atoms with E-state index in [0.29, 0.717) is 23.8 Å². The molecule has 0 aromatic heterocycles. The maximum atomic E-state index is 13.5. The van der Waals surface area contributed by atoms with Crippen molar-refractivity contribution < 1.29 is 23.9 Å². The van der Waals surface area contributed by atoms with Crippen LogP contribution in [0.4, 0.5) is 5.69 Å². The second kappa shape index (κ2) is 7.76. The predicted octanol–water partition coefficient (Wildman–Crippen LogP) is 4.06. The van der Waals surface area contributed by atoms with Gasteiger partial charge < -0.3 is 4.74 Å². The fourth-order valence-electron chi connectivity index (χ4n) is 6.34. The minimum Gasteiger partial charge on any atom is -0.450 e. The largest absolute Gasteiger partial charge is 0.450 e. The van der Waals surface area contributed by atoms with E-state index in [0.717, 1.165) is 6.42 Å². The number of benzene rings is 2. The van der Waals surface area contributed by atoms with Crippen molar-refractivity contribution in [3.05, 3.63) is 77.9 Å². The Morgan fingerprint density at radius 3 is 2.12 bits per heavy atom. The van der Waals surface area contributed by atoms with Gasteiger partial charge in [-0.25, -0.2) is 9.69 Å². The maximum Gasteiger partial charge on any atom is 0.341 e. The molecule has 3 fully saturated rings. The van der Waals surface area contributed by atoms with Gasteiger partial charge in [0, 0.05) is 5.56 Å². The van der Waals surface area contributed by atoms with Crippen LogP contribution in [0.5, 0.6) is 0 Å². The Kier molecular flexibility index (Phi) is 4.80. The van der Waals surface area contributed by atoms with Crippen molar-refractivity contribution in [1.82, 2.24) is 0 Å². The van der Waals surface area contributed by atoms with Crippen LogP contribution in [0.15, 0.2) is 66.7 Å². The van der Waals surface area contributed by atoms with Gasteiger partial charge in [-0.1, -0.05) is 61.5 Å². The molecular formula is C28H25NO5. The summed E-state index contributed by atoms with van der Waals surface area (Å²) in [4.78, 5) is 54.3. The fraction of sp³-hybridized carbons (Fsp3) is 0.357. The average molecular weight is 456 g/mol. The number of imide groups is 1. The molecule has 2 bridgehead atoms. The number of ketones is 1. The topological polar surface area (TPSA) is 80.8 Å². The zero-order chi connectivity index (χ0) is 23.6. The van der Waals surface area contributed by atoms with Crippen LogP contribution in [-0.2, 0) is 14.3 Å². The van der Waals surface area contributed by atoms with Gasteiger partial charge in [0.25, 0.3) is 0 Å². The minimum absolute atomic E-state index is 0.105. The number of hydrogen-bond donors (Lipinski definition) is 0. The van der Waals surface area contributed by atoms with E-state index < -0.39 is 12.1 Å². The van der Waals surface area contributed by atoms with E-state index in [4.69, 9.17) is 4.74 Å². The molecule has 5 aliphatic rings. The number of hydrogen-bond acceptors (Lipinski definition) is 5. The lowest BCUT2D eigenvalue weighted by atomic mass is 9.63. The van der Waals surface area contributed by atoms with Crippen molar-refractivity contribution in [2.24, 2.45) is 35.5 Å². The lowest BCUT2D eigenvalue weighted by Gasteiger charge is -2.37. The number of rotatable bonds is 6. The average Bonchev–Trinajstić information content (AvgIpc) is 3.65. The molecule has 2 aromatic carbocycles. The van der Waals surface area contributed by atoms with E-state index in [1.54, 1.807) is 55.5 Å². The summed E-state index contributed by atoms with van der Waals surface area (Å²) in [6.45, 7) is 1.77. The van der Waals surface area contributed by atoms with Crippen molar-refractivity contribution >= 4 is 29.3 Å². The van der Waals surface area contributed by atoms with Gasteiger partial charge in [-0.2, -0.15) is 0 Å². The number of carbonyl (C=O) groups excluding carboxylic acids is 4. The number of Topliss-reactive ketones (excluding diaryl/α,β-unsaturated/α-hetero) is 1. The van der Waals surface area contributed by atoms with Gasteiger partial charge in [-0.05, 0) is 48.6 Å². The van der Waals surface area contributed by atoms with Crippen molar-refractivity contribution in [3.8, 4) is 0 Å². The Hall–Kier alpha value is -3.54. The maximum absolute atomic E-state index is 13.5. The quantitative estimate of drug-likeness (QED) is 0.284. The molecule has 0 radical (unpaired) electrons. The first-order valence-electron chi connectivity index (χ1n) is 12.0.